The van der Waals surface area contributed by atoms with Crippen molar-refractivity contribution >= 4 is 23.6 Å². The normalized spacial score (nSPS) is 18.1. The van der Waals surface area contributed by atoms with Crippen LogP contribution >= 0.6 is 0 Å². The second kappa shape index (κ2) is 7.67. The zero-order valence-electron chi connectivity index (χ0n) is 17.1. The minimum Gasteiger partial charge on any atom is -0.456 e. The van der Waals surface area contributed by atoms with E-state index in [9.17, 15) is 14.4 Å². The van der Waals surface area contributed by atoms with E-state index in [-0.39, 0.29) is 19.1 Å². The summed E-state index contributed by atoms with van der Waals surface area (Å²) in [5, 5.41) is 5.68. The molecule has 0 aliphatic carbocycles. The van der Waals surface area contributed by atoms with Crippen molar-refractivity contribution in [2.75, 3.05) is 18.5 Å². The molecule has 2 aliphatic rings. The van der Waals surface area contributed by atoms with Crippen LogP contribution in [-0.2, 0) is 14.3 Å². The number of carbonyl (C=O) groups excluding carboxylic acids is 3. The third-order valence-corrected chi connectivity index (χ3v) is 5.37. The van der Waals surface area contributed by atoms with E-state index in [1.165, 1.54) is 4.90 Å². The van der Waals surface area contributed by atoms with Gasteiger partial charge in [-0.2, -0.15) is 0 Å². The number of hydrogen-bond acceptors (Lipinski definition) is 4. The fraction of sp³-hybridized carbons (Fsp3) is 0.261. The van der Waals surface area contributed by atoms with E-state index in [0.717, 1.165) is 22.3 Å². The molecule has 30 heavy (non-hydrogen) atoms. The standard InChI is InChI=1S/C23H23N3O4/c1-13-4-7-16(8-5-13)21-20-18(12-30-22(20)28)26(23(29)25-21)11-19(27)24-17-9-6-14(2)10-15(17)3/h4-10,21H,11-12H2,1-3H3,(H,24,27)(H,25,29)/t21-/m0/s1. The molecular formula is C23H23N3O4. The van der Waals surface area contributed by atoms with Crippen molar-refractivity contribution in [3.05, 3.63) is 76.0 Å². The van der Waals surface area contributed by atoms with Gasteiger partial charge in [0.25, 0.3) is 0 Å². The molecule has 2 N–H and O–H groups in total. The second-order valence-electron chi connectivity index (χ2n) is 7.68. The van der Waals surface area contributed by atoms with Crippen molar-refractivity contribution < 1.29 is 19.1 Å². The van der Waals surface area contributed by atoms with Gasteiger partial charge in [-0.3, -0.25) is 9.69 Å². The topological polar surface area (TPSA) is 87.7 Å². The Morgan fingerprint density at radius 3 is 2.50 bits per heavy atom. The molecule has 0 aromatic heterocycles. The highest BCUT2D eigenvalue weighted by molar-refractivity contribution is 6.00. The molecule has 0 saturated heterocycles. The Kier molecular flexibility index (Phi) is 5.03. The van der Waals surface area contributed by atoms with Gasteiger partial charge in [0.1, 0.15) is 13.2 Å². The molecule has 0 spiro atoms. The van der Waals surface area contributed by atoms with Crippen LogP contribution in [0.5, 0.6) is 0 Å². The molecule has 7 heteroatoms. The molecule has 2 aromatic carbocycles. The highest BCUT2D eigenvalue weighted by Crippen LogP contribution is 2.35. The molecule has 3 amide bonds. The summed E-state index contributed by atoms with van der Waals surface area (Å²) in [5.74, 6) is -0.826. The number of aryl methyl sites for hydroxylation is 3. The number of cyclic esters (lactones) is 1. The number of carbonyl (C=O) groups is 3. The first-order valence-corrected chi connectivity index (χ1v) is 9.75. The SMILES string of the molecule is Cc1ccc([C@@H]2NC(=O)N(CC(=O)Nc3ccc(C)cc3C)C3=C2C(=O)OC3)cc1. The number of nitrogens with zero attached hydrogens (tertiary/aromatic N) is 1. The smallest absolute Gasteiger partial charge is 0.338 e. The van der Waals surface area contributed by atoms with Crippen LogP contribution in [0.1, 0.15) is 28.3 Å². The minimum absolute atomic E-state index is 0.0270. The summed E-state index contributed by atoms with van der Waals surface area (Å²) >= 11 is 0. The molecule has 0 bridgehead atoms. The van der Waals surface area contributed by atoms with Crippen LogP contribution in [0.25, 0.3) is 0 Å². The first kappa shape index (κ1) is 19.7. The number of ether oxygens (including phenoxy) is 1. The zero-order valence-corrected chi connectivity index (χ0v) is 17.1. The van der Waals surface area contributed by atoms with Crippen LogP contribution in [0.15, 0.2) is 53.7 Å². The maximum atomic E-state index is 12.8. The predicted octanol–water partition coefficient (Wildman–Crippen LogP) is 3.13. The molecule has 7 nitrogen and oxygen atoms in total. The third kappa shape index (κ3) is 3.66. The summed E-state index contributed by atoms with van der Waals surface area (Å²) in [5.41, 5.74) is 5.40. The van der Waals surface area contributed by atoms with Gasteiger partial charge in [0.05, 0.1) is 17.3 Å². The average Bonchev–Trinajstić information content (AvgIpc) is 3.08. The summed E-state index contributed by atoms with van der Waals surface area (Å²) in [6.45, 7) is 5.61. The molecule has 0 unspecified atom stereocenters. The van der Waals surface area contributed by atoms with Crippen molar-refractivity contribution in [1.29, 1.82) is 0 Å². The number of hydrogen-bond donors (Lipinski definition) is 2. The molecule has 2 aliphatic heterocycles. The van der Waals surface area contributed by atoms with Gasteiger partial charge in [-0.1, -0.05) is 47.5 Å². The fourth-order valence-corrected chi connectivity index (χ4v) is 3.77. The van der Waals surface area contributed by atoms with Crippen LogP contribution in [0.4, 0.5) is 10.5 Å². The van der Waals surface area contributed by atoms with Gasteiger partial charge in [0, 0.05) is 5.69 Å². The molecular weight excluding hydrogens is 382 g/mol. The molecule has 4 rings (SSSR count). The number of urea groups is 1. The number of amides is 3. The van der Waals surface area contributed by atoms with Crippen molar-refractivity contribution in [3.8, 4) is 0 Å². The quantitative estimate of drug-likeness (QED) is 0.765. The predicted molar refractivity (Wildman–Crippen MR) is 112 cm³/mol. The molecule has 0 radical (unpaired) electrons. The van der Waals surface area contributed by atoms with Crippen LogP contribution in [-0.4, -0.2) is 36.0 Å². The number of rotatable bonds is 4. The molecule has 1 atom stereocenters. The van der Waals surface area contributed by atoms with E-state index in [2.05, 4.69) is 10.6 Å². The Hall–Kier alpha value is -3.61. The minimum atomic E-state index is -0.596. The summed E-state index contributed by atoms with van der Waals surface area (Å²) < 4.78 is 5.21. The highest BCUT2D eigenvalue weighted by Gasteiger charge is 2.42. The lowest BCUT2D eigenvalue weighted by Gasteiger charge is -2.32. The Balaban J connectivity index is 1.59. The lowest BCUT2D eigenvalue weighted by Crippen LogP contribution is -2.49. The highest BCUT2D eigenvalue weighted by atomic mass is 16.5. The fourth-order valence-electron chi connectivity index (χ4n) is 3.77. The third-order valence-electron chi connectivity index (χ3n) is 5.37. The van der Waals surface area contributed by atoms with Gasteiger partial charge in [-0.05, 0) is 38.0 Å². The Morgan fingerprint density at radius 2 is 1.80 bits per heavy atom. The second-order valence-corrected chi connectivity index (χ2v) is 7.68. The summed E-state index contributed by atoms with van der Waals surface area (Å²) in [6, 6.07) is 12.3. The van der Waals surface area contributed by atoms with Crippen LogP contribution in [0.3, 0.4) is 0 Å². The zero-order chi connectivity index (χ0) is 21.4. The largest absolute Gasteiger partial charge is 0.456 e. The maximum absolute atomic E-state index is 12.8. The van der Waals surface area contributed by atoms with Crippen LogP contribution in [0, 0.1) is 20.8 Å². The Bertz CT molecular complexity index is 1070. The maximum Gasteiger partial charge on any atom is 0.338 e. The van der Waals surface area contributed by atoms with E-state index in [1.54, 1.807) is 0 Å². The average molecular weight is 405 g/mol. The molecule has 2 aromatic rings. The first-order valence-electron chi connectivity index (χ1n) is 9.75. The van der Waals surface area contributed by atoms with Crippen LogP contribution in [0.2, 0.25) is 0 Å². The van der Waals surface area contributed by atoms with Crippen molar-refractivity contribution in [2.24, 2.45) is 0 Å². The number of nitrogens with one attached hydrogen (secondary N) is 2. The van der Waals surface area contributed by atoms with Gasteiger partial charge in [-0.25, -0.2) is 9.59 Å². The summed E-state index contributed by atoms with van der Waals surface area (Å²) in [4.78, 5) is 39.2. The lowest BCUT2D eigenvalue weighted by atomic mass is 9.95. The summed E-state index contributed by atoms with van der Waals surface area (Å²) in [7, 11) is 0. The molecule has 0 saturated carbocycles. The van der Waals surface area contributed by atoms with E-state index >= 15 is 0 Å². The monoisotopic (exact) mass is 405 g/mol. The first-order chi connectivity index (χ1) is 14.3. The van der Waals surface area contributed by atoms with Crippen molar-refractivity contribution in [3.63, 3.8) is 0 Å². The van der Waals surface area contributed by atoms with Gasteiger partial charge in [0.2, 0.25) is 5.91 Å². The van der Waals surface area contributed by atoms with Crippen molar-refractivity contribution in [2.45, 2.75) is 26.8 Å². The number of anilines is 1. The molecule has 0 fully saturated rings. The Labute approximate surface area is 174 Å². The van der Waals surface area contributed by atoms with E-state index in [0.29, 0.717) is 17.0 Å². The van der Waals surface area contributed by atoms with Gasteiger partial charge in [0.15, 0.2) is 0 Å². The number of benzene rings is 2. The van der Waals surface area contributed by atoms with Gasteiger partial charge in [-0.15, -0.1) is 0 Å². The molecule has 2 heterocycles. The summed E-state index contributed by atoms with van der Waals surface area (Å²) in [6.07, 6.45) is 0. The van der Waals surface area contributed by atoms with E-state index in [4.69, 9.17) is 4.74 Å². The van der Waals surface area contributed by atoms with Gasteiger partial charge >= 0.3 is 12.0 Å². The Morgan fingerprint density at radius 1 is 1.10 bits per heavy atom. The molecule has 154 valence electrons. The van der Waals surface area contributed by atoms with E-state index in [1.807, 2.05) is 63.2 Å². The van der Waals surface area contributed by atoms with Crippen molar-refractivity contribution in [1.82, 2.24) is 10.2 Å². The van der Waals surface area contributed by atoms with E-state index < -0.39 is 18.0 Å². The van der Waals surface area contributed by atoms with Gasteiger partial charge < -0.3 is 15.4 Å². The van der Waals surface area contributed by atoms with Crippen LogP contribution < -0.4 is 10.6 Å². The lowest BCUT2D eigenvalue weighted by molar-refractivity contribution is -0.136. The number of esters is 1.